The summed E-state index contributed by atoms with van der Waals surface area (Å²) < 4.78 is 2.05. The summed E-state index contributed by atoms with van der Waals surface area (Å²) in [7, 11) is 2.00. The highest BCUT2D eigenvalue weighted by Crippen LogP contribution is 2.22. The van der Waals surface area contributed by atoms with Crippen LogP contribution in [0.4, 0.5) is 0 Å². The fraction of sp³-hybridized carbons (Fsp3) is 0.143. The largest absolute Gasteiger partial charge is 0.351 e. The van der Waals surface area contributed by atoms with E-state index in [1.54, 1.807) is 13.1 Å². The molecule has 90 valence electrons. The Morgan fingerprint density at radius 2 is 2.11 bits per heavy atom. The fourth-order valence-electron chi connectivity index (χ4n) is 2.14. The molecule has 0 bridgehead atoms. The third kappa shape index (κ3) is 1.62. The van der Waals surface area contributed by atoms with Crippen LogP contribution in [0.5, 0.6) is 0 Å². The van der Waals surface area contributed by atoms with Gasteiger partial charge in [-0.1, -0.05) is 6.07 Å². The van der Waals surface area contributed by atoms with E-state index < -0.39 is 0 Å². The Bertz CT molecular complexity index is 783. The molecule has 0 amide bonds. The van der Waals surface area contributed by atoms with Crippen LogP contribution in [0.25, 0.3) is 22.0 Å². The minimum absolute atomic E-state index is 0.0993. The average molecular weight is 239 g/mol. The van der Waals surface area contributed by atoms with Crippen molar-refractivity contribution in [2.24, 2.45) is 7.05 Å². The zero-order valence-electron chi connectivity index (χ0n) is 10.3. The summed E-state index contributed by atoms with van der Waals surface area (Å²) in [5.74, 6) is 0.629. The SMILES string of the molecule is Cc1ncc(-c2ccc3c(ccn3C)c2)c(=O)[nH]1. The molecular formula is C14H13N3O. The molecule has 4 nitrogen and oxygen atoms in total. The Morgan fingerprint density at radius 3 is 2.89 bits per heavy atom. The van der Waals surface area contributed by atoms with Gasteiger partial charge in [-0.15, -0.1) is 0 Å². The Kier molecular flexibility index (Phi) is 2.30. The van der Waals surface area contributed by atoms with Crippen molar-refractivity contribution in [3.05, 3.63) is 52.8 Å². The minimum atomic E-state index is -0.0993. The molecule has 18 heavy (non-hydrogen) atoms. The monoisotopic (exact) mass is 239 g/mol. The van der Waals surface area contributed by atoms with Crippen LogP contribution in [0.3, 0.4) is 0 Å². The molecule has 0 unspecified atom stereocenters. The van der Waals surface area contributed by atoms with Crippen LogP contribution in [0, 0.1) is 6.92 Å². The Morgan fingerprint density at radius 1 is 1.28 bits per heavy atom. The number of aromatic nitrogens is 3. The highest BCUT2D eigenvalue weighted by Gasteiger charge is 2.06. The van der Waals surface area contributed by atoms with Gasteiger partial charge in [-0.2, -0.15) is 0 Å². The molecule has 2 aromatic heterocycles. The first-order chi connectivity index (χ1) is 8.65. The first-order valence-electron chi connectivity index (χ1n) is 5.76. The van der Waals surface area contributed by atoms with Gasteiger partial charge in [-0.3, -0.25) is 4.79 Å². The van der Waals surface area contributed by atoms with E-state index in [9.17, 15) is 4.79 Å². The normalized spacial score (nSPS) is 11.0. The molecule has 3 rings (SSSR count). The molecule has 0 spiro atoms. The second-order valence-electron chi connectivity index (χ2n) is 4.41. The number of benzene rings is 1. The van der Waals surface area contributed by atoms with E-state index in [1.165, 1.54) is 0 Å². The molecule has 0 saturated heterocycles. The summed E-state index contributed by atoms with van der Waals surface area (Å²) in [6.45, 7) is 1.77. The van der Waals surface area contributed by atoms with Crippen molar-refractivity contribution < 1.29 is 0 Å². The second-order valence-corrected chi connectivity index (χ2v) is 4.41. The number of hydrogen-bond donors (Lipinski definition) is 1. The van der Waals surface area contributed by atoms with Gasteiger partial charge in [0.25, 0.3) is 5.56 Å². The summed E-state index contributed by atoms with van der Waals surface area (Å²) in [4.78, 5) is 18.7. The van der Waals surface area contributed by atoms with Crippen LogP contribution in [-0.2, 0) is 7.05 Å². The Hall–Kier alpha value is -2.36. The molecule has 0 radical (unpaired) electrons. The molecule has 4 heteroatoms. The van der Waals surface area contributed by atoms with E-state index in [0.717, 1.165) is 16.5 Å². The second kappa shape index (κ2) is 3.84. The summed E-state index contributed by atoms with van der Waals surface area (Å²) >= 11 is 0. The smallest absolute Gasteiger partial charge is 0.258 e. The van der Waals surface area contributed by atoms with E-state index in [0.29, 0.717) is 11.4 Å². The third-order valence-electron chi connectivity index (χ3n) is 3.12. The highest BCUT2D eigenvalue weighted by atomic mass is 16.1. The van der Waals surface area contributed by atoms with Crippen LogP contribution in [-0.4, -0.2) is 14.5 Å². The lowest BCUT2D eigenvalue weighted by atomic mass is 10.1. The quantitative estimate of drug-likeness (QED) is 0.708. The summed E-state index contributed by atoms with van der Waals surface area (Å²) in [5.41, 5.74) is 2.54. The number of aryl methyl sites for hydroxylation is 2. The highest BCUT2D eigenvalue weighted by molar-refractivity contribution is 5.85. The molecule has 2 heterocycles. The average Bonchev–Trinajstić information content (AvgIpc) is 2.71. The lowest BCUT2D eigenvalue weighted by molar-refractivity contribution is 0.969. The summed E-state index contributed by atoms with van der Waals surface area (Å²) in [5, 5.41) is 1.12. The van der Waals surface area contributed by atoms with Crippen molar-refractivity contribution in [2.45, 2.75) is 6.92 Å². The third-order valence-corrected chi connectivity index (χ3v) is 3.12. The van der Waals surface area contributed by atoms with E-state index in [2.05, 4.69) is 14.5 Å². The van der Waals surface area contributed by atoms with Crippen molar-refractivity contribution >= 4 is 10.9 Å². The molecule has 0 atom stereocenters. The van der Waals surface area contributed by atoms with E-state index >= 15 is 0 Å². The van der Waals surface area contributed by atoms with Crippen LogP contribution < -0.4 is 5.56 Å². The lowest BCUT2D eigenvalue weighted by Crippen LogP contribution is -2.11. The van der Waals surface area contributed by atoms with Gasteiger partial charge in [0.15, 0.2) is 0 Å². The standard InChI is InChI=1S/C14H13N3O/c1-9-15-8-12(14(18)16-9)10-3-4-13-11(7-10)5-6-17(13)2/h3-8H,1-2H3,(H,15,16,18). The minimum Gasteiger partial charge on any atom is -0.351 e. The van der Waals surface area contributed by atoms with Gasteiger partial charge in [-0.05, 0) is 30.7 Å². The maximum Gasteiger partial charge on any atom is 0.258 e. The van der Waals surface area contributed by atoms with Crippen molar-refractivity contribution in [1.29, 1.82) is 0 Å². The molecule has 3 aromatic rings. The van der Waals surface area contributed by atoms with E-state index in [-0.39, 0.29) is 5.56 Å². The molecule has 0 aliphatic heterocycles. The first kappa shape index (κ1) is 10.8. The zero-order chi connectivity index (χ0) is 12.7. The van der Waals surface area contributed by atoms with Gasteiger partial charge in [0, 0.05) is 30.3 Å². The maximum absolute atomic E-state index is 11.9. The van der Waals surface area contributed by atoms with Gasteiger partial charge < -0.3 is 9.55 Å². The lowest BCUT2D eigenvalue weighted by Gasteiger charge is -2.02. The van der Waals surface area contributed by atoms with Crippen LogP contribution in [0.2, 0.25) is 0 Å². The molecule has 0 fully saturated rings. The van der Waals surface area contributed by atoms with Gasteiger partial charge in [-0.25, -0.2) is 4.98 Å². The number of nitrogens with zero attached hydrogens (tertiary/aromatic N) is 2. The van der Waals surface area contributed by atoms with E-state index in [4.69, 9.17) is 0 Å². The Labute approximate surface area is 104 Å². The van der Waals surface area contributed by atoms with Gasteiger partial charge >= 0.3 is 0 Å². The number of nitrogens with one attached hydrogen (secondary N) is 1. The van der Waals surface area contributed by atoms with Crippen LogP contribution in [0.1, 0.15) is 5.82 Å². The Balaban J connectivity index is 2.22. The molecule has 1 aromatic carbocycles. The molecule has 1 N–H and O–H groups in total. The van der Waals surface area contributed by atoms with Crippen molar-refractivity contribution in [2.75, 3.05) is 0 Å². The zero-order valence-corrected chi connectivity index (χ0v) is 10.3. The summed E-state index contributed by atoms with van der Waals surface area (Å²) in [6, 6.07) is 8.01. The maximum atomic E-state index is 11.9. The predicted octanol–water partition coefficient (Wildman–Crippen LogP) is 2.24. The molecule has 0 aliphatic carbocycles. The van der Waals surface area contributed by atoms with E-state index in [1.807, 2.05) is 37.5 Å². The first-order valence-corrected chi connectivity index (χ1v) is 5.76. The van der Waals surface area contributed by atoms with Gasteiger partial charge in [0.2, 0.25) is 0 Å². The van der Waals surface area contributed by atoms with Gasteiger partial charge in [0.05, 0.1) is 5.56 Å². The van der Waals surface area contributed by atoms with Gasteiger partial charge in [0.1, 0.15) is 5.82 Å². The van der Waals surface area contributed by atoms with Crippen LogP contribution in [0.15, 0.2) is 41.5 Å². The number of H-pyrrole nitrogens is 1. The number of fused-ring (bicyclic) bond motifs is 1. The van der Waals surface area contributed by atoms with Crippen molar-refractivity contribution in [3.8, 4) is 11.1 Å². The molecule has 0 aliphatic rings. The van der Waals surface area contributed by atoms with Crippen LogP contribution >= 0.6 is 0 Å². The van der Waals surface area contributed by atoms with Crippen molar-refractivity contribution in [1.82, 2.24) is 14.5 Å². The van der Waals surface area contributed by atoms with Crippen molar-refractivity contribution in [3.63, 3.8) is 0 Å². The molecular weight excluding hydrogens is 226 g/mol. The number of aromatic amines is 1. The fourth-order valence-corrected chi connectivity index (χ4v) is 2.14. The topological polar surface area (TPSA) is 50.7 Å². The number of rotatable bonds is 1. The molecule has 0 saturated carbocycles. The summed E-state index contributed by atoms with van der Waals surface area (Å²) in [6.07, 6.45) is 3.63. The number of hydrogen-bond acceptors (Lipinski definition) is 2. The predicted molar refractivity (Wildman–Crippen MR) is 71.5 cm³/mol.